The second-order valence-electron chi connectivity index (χ2n) is 5.96. The number of carbonyl (C=O) groups is 2. The van der Waals surface area contributed by atoms with Crippen molar-refractivity contribution < 1.29 is 14.3 Å². The van der Waals surface area contributed by atoms with Gasteiger partial charge in [-0.25, -0.2) is 4.98 Å². The maximum atomic E-state index is 12.7. The third-order valence-electron chi connectivity index (χ3n) is 3.56. The number of nitrogens with zero attached hydrogens (tertiary/aromatic N) is 4. The lowest BCUT2D eigenvalue weighted by atomic mass is 10.1. The molecule has 9 nitrogen and oxygen atoms in total. The molecule has 3 heterocycles. The Hall–Kier alpha value is -2.75. The van der Waals surface area contributed by atoms with Crippen LogP contribution in [-0.4, -0.2) is 39.1 Å². The second-order valence-corrected chi connectivity index (χ2v) is 7.03. The van der Waals surface area contributed by atoms with Crippen LogP contribution in [-0.2, 0) is 16.0 Å². The van der Waals surface area contributed by atoms with Crippen molar-refractivity contribution in [3.63, 3.8) is 0 Å². The zero-order valence-electron chi connectivity index (χ0n) is 14.1. The molecule has 10 heteroatoms. The molecule has 2 aromatic rings. The number of rotatable bonds is 4. The summed E-state index contributed by atoms with van der Waals surface area (Å²) in [6, 6.07) is 3.21. The monoisotopic (exact) mass is 362 g/mol. The lowest BCUT2D eigenvalue weighted by Crippen LogP contribution is -2.54. The zero-order valence-corrected chi connectivity index (χ0v) is 14.9. The number of anilines is 3. The first-order chi connectivity index (χ1) is 11.8. The van der Waals surface area contributed by atoms with Gasteiger partial charge in [0, 0.05) is 0 Å². The van der Waals surface area contributed by atoms with Crippen LogP contribution in [0.15, 0.2) is 12.1 Å². The summed E-state index contributed by atoms with van der Waals surface area (Å²) in [6.07, 6.45) is 0.736. The van der Waals surface area contributed by atoms with Gasteiger partial charge in [-0.2, -0.15) is 0 Å². The summed E-state index contributed by atoms with van der Waals surface area (Å²) in [5, 5.41) is 11.7. The number of carbonyl (C=O) groups excluding carboxylic acids is 2. The number of hydrogen-bond donors (Lipinski definition) is 2. The van der Waals surface area contributed by atoms with E-state index in [0.29, 0.717) is 10.9 Å². The molecule has 3 N–H and O–H groups in total. The number of aryl methyl sites for hydroxylation is 1. The molecule has 1 aliphatic heterocycles. The van der Waals surface area contributed by atoms with Crippen molar-refractivity contribution in [1.29, 1.82) is 0 Å². The van der Waals surface area contributed by atoms with Crippen molar-refractivity contribution >= 4 is 39.9 Å². The highest BCUT2D eigenvalue weighted by Gasteiger charge is 2.42. The topological polar surface area (TPSA) is 123 Å². The average molecular weight is 362 g/mol. The highest BCUT2D eigenvalue weighted by molar-refractivity contribution is 7.15. The van der Waals surface area contributed by atoms with Crippen LogP contribution < -0.4 is 20.7 Å². The van der Waals surface area contributed by atoms with Crippen LogP contribution in [0.25, 0.3) is 0 Å². The van der Waals surface area contributed by atoms with E-state index in [-0.39, 0.29) is 24.1 Å². The van der Waals surface area contributed by atoms with Gasteiger partial charge in [0.25, 0.3) is 5.91 Å². The first-order valence-electron chi connectivity index (χ1n) is 7.70. The quantitative estimate of drug-likeness (QED) is 0.838. The number of hydrogen-bond acceptors (Lipinski definition) is 8. The minimum atomic E-state index is -1.11. The molecule has 0 aliphatic carbocycles. The van der Waals surface area contributed by atoms with Crippen LogP contribution in [0.2, 0.25) is 0 Å². The molecular formula is C15H18N6O3S. The van der Waals surface area contributed by atoms with Gasteiger partial charge in [0.2, 0.25) is 11.0 Å². The lowest BCUT2D eigenvalue weighted by Gasteiger charge is -2.37. The molecule has 0 bridgehead atoms. The number of nitrogens with two attached hydrogens (primary N) is 1. The molecule has 25 heavy (non-hydrogen) atoms. The molecule has 0 saturated heterocycles. The molecule has 2 amide bonds. The Morgan fingerprint density at radius 3 is 2.84 bits per heavy atom. The first-order valence-corrected chi connectivity index (χ1v) is 8.51. The molecule has 3 rings (SSSR count). The van der Waals surface area contributed by atoms with E-state index < -0.39 is 11.5 Å². The van der Waals surface area contributed by atoms with Gasteiger partial charge in [-0.15, -0.1) is 10.2 Å². The minimum absolute atomic E-state index is 0.226. The summed E-state index contributed by atoms with van der Waals surface area (Å²) >= 11 is 1.29. The molecule has 0 aromatic carbocycles. The fourth-order valence-electron chi connectivity index (χ4n) is 2.36. The summed E-state index contributed by atoms with van der Waals surface area (Å²) in [4.78, 5) is 30.4. The largest absolute Gasteiger partial charge is 0.474 e. The van der Waals surface area contributed by atoms with Gasteiger partial charge in [0.05, 0.1) is 0 Å². The van der Waals surface area contributed by atoms with Crippen LogP contribution >= 0.6 is 11.3 Å². The zero-order chi connectivity index (χ0) is 18.2. The Labute approximate surface area is 148 Å². The summed E-state index contributed by atoms with van der Waals surface area (Å²) in [7, 11) is 0. The summed E-state index contributed by atoms with van der Waals surface area (Å²) in [5.74, 6) is 0.0820. The maximum Gasteiger partial charge on any atom is 0.272 e. The molecule has 0 saturated carbocycles. The van der Waals surface area contributed by atoms with E-state index in [1.54, 1.807) is 26.0 Å². The summed E-state index contributed by atoms with van der Waals surface area (Å²) in [5.41, 5.74) is 4.60. The van der Waals surface area contributed by atoms with Crippen LogP contribution in [0.5, 0.6) is 5.75 Å². The van der Waals surface area contributed by atoms with E-state index in [2.05, 4.69) is 20.5 Å². The van der Waals surface area contributed by atoms with Gasteiger partial charge >= 0.3 is 0 Å². The Morgan fingerprint density at radius 1 is 1.40 bits per heavy atom. The molecule has 0 atom stereocenters. The molecule has 132 valence electrons. The smallest absolute Gasteiger partial charge is 0.272 e. The van der Waals surface area contributed by atoms with E-state index in [1.807, 2.05) is 6.92 Å². The Bertz CT molecular complexity index is 834. The van der Waals surface area contributed by atoms with E-state index in [1.165, 1.54) is 16.2 Å². The standard InChI is InChI=1S/C15H18N6O3S/c1-4-11-19-20-14(25-11)18-10(22)7-21-12-8(5-6-9(16)17-12)24-15(2,3)13(21)23/h5-6H,4,7H2,1-3H3,(H2,16,17)(H,18,20,22). The van der Waals surface area contributed by atoms with E-state index in [4.69, 9.17) is 10.5 Å². The van der Waals surface area contributed by atoms with Crippen molar-refractivity contribution in [1.82, 2.24) is 15.2 Å². The number of pyridine rings is 1. The number of amides is 2. The van der Waals surface area contributed by atoms with Gasteiger partial charge in [0.1, 0.15) is 17.4 Å². The third kappa shape index (κ3) is 3.38. The van der Waals surface area contributed by atoms with Crippen molar-refractivity contribution in [2.24, 2.45) is 0 Å². The molecule has 0 unspecified atom stereocenters. The Morgan fingerprint density at radius 2 is 2.16 bits per heavy atom. The summed E-state index contributed by atoms with van der Waals surface area (Å²) < 4.78 is 5.67. The Kier molecular flexibility index (Phi) is 4.29. The number of nitrogen functional groups attached to an aromatic ring is 1. The van der Waals surface area contributed by atoms with Crippen LogP contribution in [0, 0.1) is 0 Å². The highest BCUT2D eigenvalue weighted by Crippen LogP contribution is 2.36. The number of nitrogens with one attached hydrogen (secondary N) is 1. The predicted octanol–water partition coefficient (Wildman–Crippen LogP) is 1.22. The van der Waals surface area contributed by atoms with Crippen molar-refractivity contribution in [2.45, 2.75) is 32.8 Å². The van der Waals surface area contributed by atoms with Gasteiger partial charge in [-0.3, -0.25) is 19.8 Å². The van der Waals surface area contributed by atoms with Crippen LogP contribution in [0.3, 0.4) is 0 Å². The second kappa shape index (κ2) is 6.28. The van der Waals surface area contributed by atoms with Crippen molar-refractivity contribution in [2.75, 3.05) is 22.5 Å². The van der Waals surface area contributed by atoms with E-state index in [9.17, 15) is 9.59 Å². The normalized spacial score (nSPS) is 15.5. The predicted molar refractivity (Wildman–Crippen MR) is 93.6 cm³/mol. The fourth-order valence-corrected chi connectivity index (χ4v) is 3.05. The van der Waals surface area contributed by atoms with Crippen molar-refractivity contribution in [3.05, 3.63) is 17.1 Å². The third-order valence-corrected chi connectivity index (χ3v) is 4.54. The van der Waals surface area contributed by atoms with Gasteiger partial charge in [0.15, 0.2) is 17.2 Å². The molecule has 1 aliphatic rings. The molecular weight excluding hydrogens is 344 g/mol. The van der Waals surface area contributed by atoms with Crippen LogP contribution in [0.1, 0.15) is 25.8 Å². The van der Waals surface area contributed by atoms with Crippen LogP contribution in [0.4, 0.5) is 16.8 Å². The molecule has 2 aromatic heterocycles. The average Bonchev–Trinajstić information content (AvgIpc) is 3.00. The fraction of sp³-hybridized carbons (Fsp3) is 0.400. The Balaban J connectivity index is 1.83. The van der Waals surface area contributed by atoms with E-state index in [0.717, 1.165) is 11.4 Å². The summed E-state index contributed by atoms with van der Waals surface area (Å²) in [6.45, 7) is 5.00. The number of aromatic nitrogens is 3. The van der Waals surface area contributed by atoms with Gasteiger partial charge < -0.3 is 10.5 Å². The number of fused-ring (bicyclic) bond motifs is 1. The molecule has 0 radical (unpaired) electrons. The number of ether oxygens (including phenoxy) is 1. The van der Waals surface area contributed by atoms with E-state index >= 15 is 0 Å². The first kappa shape index (κ1) is 17.1. The van der Waals surface area contributed by atoms with Gasteiger partial charge in [-0.05, 0) is 32.4 Å². The minimum Gasteiger partial charge on any atom is -0.474 e. The van der Waals surface area contributed by atoms with Gasteiger partial charge in [-0.1, -0.05) is 18.3 Å². The lowest BCUT2D eigenvalue weighted by molar-refractivity contribution is -0.133. The SMILES string of the molecule is CCc1nnc(NC(=O)CN2C(=O)C(C)(C)Oc3ccc(N)nc32)s1. The molecule has 0 fully saturated rings. The van der Waals surface area contributed by atoms with Crippen molar-refractivity contribution in [3.8, 4) is 5.75 Å². The molecule has 0 spiro atoms. The highest BCUT2D eigenvalue weighted by atomic mass is 32.1. The maximum absolute atomic E-state index is 12.7.